The van der Waals surface area contributed by atoms with Crippen LogP contribution < -0.4 is 4.74 Å². The predicted molar refractivity (Wildman–Crippen MR) is 57.4 cm³/mol. The van der Waals surface area contributed by atoms with Gasteiger partial charge in [0.1, 0.15) is 11.3 Å². The zero-order valence-electron chi connectivity index (χ0n) is 8.67. The molecule has 0 radical (unpaired) electrons. The Bertz CT molecular complexity index is 540. The molecular weight excluding hydrogens is 208 g/mol. The number of benzene rings is 1. The number of para-hydroxylation sites is 1. The maximum Gasteiger partial charge on any atom is 0.341 e. The number of nitrogens with zero attached hydrogens (tertiary/aromatic N) is 2. The van der Waals surface area contributed by atoms with Crippen molar-refractivity contribution in [1.82, 2.24) is 9.97 Å². The molecule has 0 aliphatic rings. The molecule has 0 atom stereocenters. The molecule has 1 aromatic heterocycles. The molecular formula is C11H10N2O3. The molecule has 0 fully saturated rings. The highest BCUT2D eigenvalue weighted by Gasteiger charge is 2.06. The monoisotopic (exact) mass is 218 g/mol. The summed E-state index contributed by atoms with van der Waals surface area (Å²) in [5, 5.41) is 8.54. The lowest BCUT2D eigenvalue weighted by molar-refractivity contribution is -0.139. The number of hydrogen-bond acceptors (Lipinski definition) is 4. The Hall–Kier alpha value is -2.17. The number of aryl methyl sites for hydroxylation is 1. The predicted octanol–water partition coefficient (Wildman–Crippen LogP) is 1.40. The molecule has 2 rings (SSSR count). The van der Waals surface area contributed by atoms with Crippen LogP contribution in [0.2, 0.25) is 0 Å². The highest BCUT2D eigenvalue weighted by atomic mass is 16.5. The standard InChI is InChI=1S/C11H10N2O3/c1-7-5-12-8-3-2-4-9(11(8)13-7)16-6-10(14)15/h2-5H,6H2,1H3,(H,14,15). The van der Waals surface area contributed by atoms with E-state index in [0.717, 1.165) is 5.69 Å². The summed E-state index contributed by atoms with van der Waals surface area (Å²) in [7, 11) is 0. The van der Waals surface area contributed by atoms with E-state index in [2.05, 4.69) is 9.97 Å². The Morgan fingerprint density at radius 2 is 2.31 bits per heavy atom. The van der Waals surface area contributed by atoms with Gasteiger partial charge >= 0.3 is 5.97 Å². The summed E-state index contributed by atoms with van der Waals surface area (Å²) in [6.07, 6.45) is 1.66. The van der Waals surface area contributed by atoms with Gasteiger partial charge in [-0.05, 0) is 19.1 Å². The average Bonchev–Trinajstić information content (AvgIpc) is 2.26. The first-order valence-corrected chi connectivity index (χ1v) is 4.74. The fourth-order valence-corrected chi connectivity index (χ4v) is 1.35. The quantitative estimate of drug-likeness (QED) is 0.843. The minimum absolute atomic E-state index is 0.380. The van der Waals surface area contributed by atoms with Gasteiger partial charge in [0, 0.05) is 6.20 Å². The molecule has 82 valence electrons. The van der Waals surface area contributed by atoms with Gasteiger partial charge in [0.15, 0.2) is 6.61 Å². The van der Waals surface area contributed by atoms with Crippen LogP contribution in [0.3, 0.4) is 0 Å². The molecule has 0 spiro atoms. The van der Waals surface area contributed by atoms with E-state index in [1.807, 2.05) is 6.92 Å². The Labute approximate surface area is 91.7 Å². The van der Waals surface area contributed by atoms with Crippen molar-refractivity contribution in [2.45, 2.75) is 6.92 Å². The zero-order chi connectivity index (χ0) is 11.5. The molecule has 1 heterocycles. The summed E-state index contributed by atoms with van der Waals surface area (Å²) in [6, 6.07) is 5.23. The maximum atomic E-state index is 10.4. The van der Waals surface area contributed by atoms with Gasteiger partial charge < -0.3 is 9.84 Å². The van der Waals surface area contributed by atoms with Crippen LogP contribution >= 0.6 is 0 Å². The van der Waals surface area contributed by atoms with E-state index < -0.39 is 5.97 Å². The fourth-order valence-electron chi connectivity index (χ4n) is 1.35. The van der Waals surface area contributed by atoms with Gasteiger partial charge in [-0.2, -0.15) is 0 Å². The topological polar surface area (TPSA) is 72.3 Å². The van der Waals surface area contributed by atoms with Gasteiger partial charge in [-0.3, -0.25) is 4.98 Å². The number of hydrogen-bond donors (Lipinski definition) is 1. The van der Waals surface area contributed by atoms with Crippen molar-refractivity contribution in [1.29, 1.82) is 0 Å². The number of aliphatic carboxylic acids is 1. The van der Waals surface area contributed by atoms with E-state index in [1.165, 1.54) is 0 Å². The normalized spacial score (nSPS) is 10.3. The van der Waals surface area contributed by atoms with Crippen molar-refractivity contribution in [3.05, 3.63) is 30.1 Å². The second-order valence-corrected chi connectivity index (χ2v) is 3.32. The van der Waals surface area contributed by atoms with Gasteiger partial charge in [-0.15, -0.1) is 0 Å². The molecule has 0 amide bonds. The second kappa shape index (κ2) is 4.14. The van der Waals surface area contributed by atoms with Crippen LogP contribution in [0, 0.1) is 6.92 Å². The maximum absolute atomic E-state index is 10.4. The smallest absolute Gasteiger partial charge is 0.341 e. The van der Waals surface area contributed by atoms with Crippen molar-refractivity contribution in [2.75, 3.05) is 6.61 Å². The largest absolute Gasteiger partial charge is 0.480 e. The van der Waals surface area contributed by atoms with Crippen LogP contribution in [0.1, 0.15) is 5.69 Å². The third kappa shape index (κ3) is 2.08. The number of aromatic nitrogens is 2. The molecule has 16 heavy (non-hydrogen) atoms. The molecule has 0 saturated heterocycles. The third-order valence-corrected chi connectivity index (χ3v) is 2.01. The lowest BCUT2D eigenvalue weighted by Gasteiger charge is -2.06. The average molecular weight is 218 g/mol. The van der Waals surface area contributed by atoms with Crippen LogP contribution in [-0.2, 0) is 4.79 Å². The molecule has 0 saturated carbocycles. The van der Waals surface area contributed by atoms with Crippen molar-refractivity contribution in [3.8, 4) is 5.75 Å². The molecule has 5 nitrogen and oxygen atoms in total. The van der Waals surface area contributed by atoms with Crippen molar-refractivity contribution < 1.29 is 14.6 Å². The van der Waals surface area contributed by atoms with E-state index in [0.29, 0.717) is 16.8 Å². The molecule has 0 unspecified atom stereocenters. The Balaban J connectivity index is 2.43. The first-order chi connectivity index (χ1) is 7.66. The molecule has 2 aromatic rings. The highest BCUT2D eigenvalue weighted by molar-refractivity contribution is 5.81. The van der Waals surface area contributed by atoms with Crippen molar-refractivity contribution in [3.63, 3.8) is 0 Å². The Morgan fingerprint density at radius 3 is 3.06 bits per heavy atom. The van der Waals surface area contributed by atoms with Gasteiger partial charge in [0.25, 0.3) is 0 Å². The number of fused-ring (bicyclic) bond motifs is 1. The summed E-state index contributed by atoms with van der Waals surface area (Å²) in [5.74, 6) is -0.575. The summed E-state index contributed by atoms with van der Waals surface area (Å²) in [4.78, 5) is 18.9. The Kier molecular flexibility index (Phi) is 2.68. The van der Waals surface area contributed by atoms with Crippen LogP contribution in [0.5, 0.6) is 5.75 Å². The summed E-state index contributed by atoms with van der Waals surface area (Å²) < 4.78 is 5.13. The highest BCUT2D eigenvalue weighted by Crippen LogP contribution is 2.21. The zero-order valence-corrected chi connectivity index (χ0v) is 8.67. The summed E-state index contributed by atoms with van der Waals surface area (Å²) in [5.41, 5.74) is 2.04. The van der Waals surface area contributed by atoms with Crippen LogP contribution in [0.15, 0.2) is 24.4 Å². The molecule has 0 aliphatic heterocycles. The first-order valence-electron chi connectivity index (χ1n) is 4.74. The van der Waals surface area contributed by atoms with E-state index in [9.17, 15) is 4.79 Å². The van der Waals surface area contributed by atoms with E-state index in [-0.39, 0.29) is 6.61 Å². The summed E-state index contributed by atoms with van der Waals surface area (Å²) >= 11 is 0. The second-order valence-electron chi connectivity index (χ2n) is 3.32. The lowest BCUT2D eigenvalue weighted by atomic mass is 10.2. The van der Waals surface area contributed by atoms with Crippen molar-refractivity contribution in [2.24, 2.45) is 0 Å². The first kappa shape index (κ1) is 10.4. The Morgan fingerprint density at radius 1 is 1.50 bits per heavy atom. The van der Waals surface area contributed by atoms with Crippen LogP contribution in [0.25, 0.3) is 11.0 Å². The summed E-state index contributed by atoms with van der Waals surface area (Å²) in [6.45, 7) is 1.44. The van der Waals surface area contributed by atoms with Crippen molar-refractivity contribution >= 4 is 17.0 Å². The van der Waals surface area contributed by atoms with E-state index in [1.54, 1.807) is 24.4 Å². The van der Waals surface area contributed by atoms with Gasteiger partial charge in [0.2, 0.25) is 0 Å². The SMILES string of the molecule is Cc1cnc2cccc(OCC(=O)O)c2n1. The molecule has 1 aromatic carbocycles. The molecule has 0 bridgehead atoms. The minimum atomic E-state index is -1.02. The van der Waals surface area contributed by atoms with Gasteiger partial charge in [-0.1, -0.05) is 6.07 Å². The number of carboxylic acid groups (broad SMARTS) is 1. The number of carbonyl (C=O) groups is 1. The van der Waals surface area contributed by atoms with Crippen LogP contribution in [0.4, 0.5) is 0 Å². The number of carboxylic acids is 1. The van der Waals surface area contributed by atoms with E-state index >= 15 is 0 Å². The van der Waals surface area contributed by atoms with Crippen LogP contribution in [-0.4, -0.2) is 27.7 Å². The molecule has 1 N–H and O–H groups in total. The molecule has 0 aliphatic carbocycles. The number of ether oxygens (including phenoxy) is 1. The lowest BCUT2D eigenvalue weighted by Crippen LogP contribution is -2.09. The third-order valence-electron chi connectivity index (χ3n) is 2.01. The van der Waals surface area contributed by atoms with E-state index in [4.69, 9.17) is 9.84 Å². The fraction of sp³-hybridized carbons (Fsp3) is 0.182. The van der Waals surface area contributed by atoms with Gasteiger partial charge in [-0.25, -0.2) is 9.78 Å². The van der Waals surface area contributed by atoms with Gasteiger partial charge in [0.05, 0.1) is 11.2 Å². The minimum Gasteiger partial charge on any atom is -0.480 e. The molecule has 5 heteroatoms. The number of rotatable bonds is 3.